The number of ether oxygens (including phenoxy) is 3. The highest BCUT2D eigenvalue weighted by molar-refractivity contribution is 5.71. The van der Waals surface area contributed by atoms with Gasteiger partial charge in [0.25, 0.3) is 0 Å². The standard InChI is InChI=1S/C52H100O6/c1-46(2)38-32-26-20-14-10-8-7-9-11-17-23-29-35-41-50(53)56-44-49(58-52(55)43-37-31-25-19-13-16-22-28-34-40-48(5)6)45-57-51(54)42-36-30-24-18-12-15-21-27-33-39-47(3)4/h46-49H,7-45H2,1-6H3/t49-/m0/s1. The molecule has 0 N–H and O–H groups in total. The van der Waals surface area contributed by atoms with Gasteiger partial charge in [0, 0.05) is 19.3 Å². The van der Waals surface area contributed by atoms with Gasteiger partial charge in [0.1, 0.15) is 13.2 Å². The molecule has 0 bridgehead atoms. The number of hydrogen-bond acceptors (Lipinski definition) is 6. The van der Waals surface area contributed by atoms with Crippen LogP contribution in [0.4, 0.5) is 0 Å². The summed E-state index contributed by atoms with van der Waals surface area (Å²) in [6.07, 6.45) is 42.4. The van der Waals surface area contributed by atoms with Crippen LogP contribution in [-0.2, 0) is 28.6 Å². The molecule has 0 unspecified atom stereocenters. The van der Waals surface area contributed by atoms with E-state index in [9.17, 15) is 14.4 Å². The predicted octanol–water partition coefficient (Wildman–Crippen LogP) is 16.4. The minimum absolute atomic E-state index is 0.0650. The molecule has 58 heavy (non-hydrogen) atoms. The van der Waals surface area contributed by atoms with E-state index in [1.54, 1.807) is 0 Å². The monoisotopic (exact) mass is 821 g/mol. The second-order valence-corrected chi connectivity index (χ2v) is 19.2. The highest BCUT2D eigenvalue weighted by Crippen LogP contribution is 2.17. The van der Waals surface area contributed by atoms with Crippen molar-refractivity contribution in [2.75, 3.05) is 13.2 Å². The quantitative estimate of drug-likeness (QED) is 0.0346. The Kier molecular flexibility index (Phi) is 42.3. The lowest BCUT2D eigenvalue weighted by Gasteiger charge is -2.18. The molecule has 0 spiro atoms. The van der Waals surface area contributed by atoms with Gasteiger partial charge in [0.05, 0.1) is 0 Å². The molecule has 6 heteroatoms. The summed E-state index contributed by atoms with van der Waals surface area (Å²) in [6.45, 7) is 13.7. The van der Waals surface area contributed by atoms with Gasteiger partial charge >= 0.3 is 17.9 Å². The van der Waals surface area contributed by atoms with E-state index in [1.807, 2.05) is 0 Å². The van der Waals surface area contributed by atoms with E-state index in [0.29, 0.717) is 19.3 Å². The molecule has 1 atom stereocenters. The van der Waals surface area contributed by atoms with Crippen LogP contribution in [0.2, 0.25) is 0 Å². The molecule has 0 aliphatic rings. The molecule has 344 valence electrons. The Morgan fingerprint density at radius 2 is 0.500 bits per heavy atom. The fraction of sp³-hybridized carbons (Fsp3) is 0.942. The number of carbonyl (C=O) groups is 3. The maximum Gasteiger partial charge on any atom is 0.306 e. The van der Waals surface area contributed by atoms with Crippen LogP contribution in [0.5, 0.6) is 0 Å². The van der Waals surface area contributed by atoms with Gasteiger partial charge in [-0.3, -0.25) is 14.4 Å². The number of hydrogen-bond donors (Lipinski definition) is 0. The SMILES string of the molecule is CC(C)CCCCCCCCCCCCCCCC(=O)OC[C@@H](COC(=O)CCCCCCCCCCCC(C)C)OC(=O)CCCCCCCCCCCC(C)C. The Morgan fingerprint density at radius 1 is 0.293 bits per heavy atom. The van der Waals surface area contributed by atoms with Crippen molar-refractivity contribution in [3.05, 3.63) is 0 Å². The fourth-order valence-electron chi connectivity index (χ4n) is 7.76. The van der Waals surface area contributed by atoms with Crippen molar-refractivity contribution in [1.82, 2.24) is 0 Å². The lowest BCUT2D eigenvalue weighted by Crippen LogP contribution is -2.30. The van der Waals surface area contributed by atoms with Crippen molar-refractivity contribution >= 4 is 17.9 Å². The number of rotatable bonds is 45. The fourth-order valence-corrected chi connectivity index (χ4v) is 7.76. The molecular formula is C52H100O6. The Labute approximate surface area is 361 Å². The molecule has 0 fully saturated rings. The van der Waals surface area contributed by atoms with Crippen LogP contribution in [0, 0.1) is 17.8 Å². The Hall–Kier alpha value is -1.59. The Balaban J connectivity index is 4.31. The third-order valence-corrected chi connectivity index (χ3v) is 11.6. The summed E-state index contributed by atoms with van der Waals surface area (Å²) in [5.74, 6) is 1.60. The first-order valence-corrected chi connectivity index (χ1v) is 25.6. The Morgan fingerprint density at radius 3 is 0.741 bits per heavy atom. The lowest BCUT2D eigenvalue weighted by atomic mass is 10.0. The predicted molar refractivity (Wildman–Crippen MR) is 247 cm³/mol. The average Bonchev–Trinajstić information content (AvgIpc) is 3.18. The summed E-state index contributed by atoms with van der Waals surface area (Å²) in [5, 5.41) is 0. The first-order valence-electron chi connectivity index (χ1n) is 25.6. The zero-order valence-electron chi connectivity index (χ0n) is 39.8. The van der Waals surface area contributed by atoms with Crippen LogP contribution >= 0.6 is 0 Å². The van der Waals surface area contributed by atoms with Gasteiger partial charge in [-0.2, -0.15) is 0 Å². The zero-order chi connectivity index (χ0) is 42.7. The third-order valence-electron chi connectivity index (χ3n) is 11.6. The van der Waals surface area contributed by atoms with Crippen LogP contribution in [0.15, 0.2) is 0 Å². The van der Waals surface area contributed by atoms with Gasteiger partial charge in [0.15, 0.2) is 6.10 Å². The highest BCUT2D eigenvalue weighted by atomic mass is 16.6. The second-order valence-electron chi connectivity index (χ2n) is 19.2. The smallest absolute Gasteiger partial charge is 0.306 e. The van der Waals surface area contributed by atoms with Crippen LogP contribution in [0.3, 0.4) is 0 Å². The molecular weight excluding hydrogens is 721 g/mol. The summed E-state index contributed by atoms with van der Waals surface area (Å²) in [4.78, 5) is 37.9. The van der Waals surface area contributed by atoms with Gasteiger partial charge in [0.2, 0.25) is 0 Å². The summed E-state index contributed by atoms with van der Waals surface area (Å²) >= 11 is 0. The molecule has 0 aliphatic carbocycles. The molecule has 0 heterocycles. The third kappa shape index (κ3) is 45.5. The van der Waals surface area contributed by atoms with Crippen molar-refractivity contribution < 1.29 is 28.6 Å². The molecule has 0 saturated carbocycles. The molecule has 0 aliphatic heterocycles. The van der Waals surface area contributed by atoms with Crippen molar-refractivity contribution in [3.63, 3.8) is 0 Å². The maximum absolute atomic E-state index is 12.8. The molecule has 0 aromatic carbocycles. The normalized spacial score (nSPS) is 12.2. The number of esters is 3. The molecule has 0 aromatic rings. The minimum Gasteiger partial charge on any atom is -0.462 e. The number of carbonyl (C=O) groups excluding carboxylic acids is 3. The molecule has 0 radical (unpaired) electrons. The molecule has 0 aromatic heterocycles. The van der Waals surface area contributed by atoms with E-state index in [4.69, 9.17) is 14.2 Å². The maximum atomic E-state index is 12.8. The molecule has 6 nitrogen and oxygen atoms in total. The molecule has 0 rings (SSSR count). The summed E-state index contributed by atoms with van der Waals surface area (Å²) in [5.41, 5.74) is 0. The largest absolute Gasteiger partial charge is 0.462 e. The molecule has 0 saturated heterocycles. The van der Waals surface area contributed by atoms with E-state index < -0.39 is 6.10 Å². The van der Waals surface area contributed by atoms with Gasteiger partial charge in [-0.25, -0.2) is 0 Å². The summed E-state index contributed by atoms with van der Waals surface area (Å²) in [7, 11) is 0. The number of unbranched alkanes of at least 4 members (excludes halogenated alkanes) is 28. The Bertz CT molecular complexity index is 898. The van der Waals surface area contributed by atoms with Crippen LogP contribution in [0.25, 0.3) is 0 Å². The summed E-state index contributed by atoms with van der Waals surface area (Å²) < 4.78 is 16.8. The topological polar surface area (TPSA) is 78.9 Å². The second kappa shape index (κ2) is 43.5. The van der Waals surface area contributed by atoms with E-state index in [2.05, 4.69) is 41.5 Å². The van der Waals surface area contributed by atoms with Gasteiger partial charge in [-0.15, -0.1) is 0 Å². The molecule has 0 amide bonds. The van der Waals surface area contributed by atoms with Crippen molar-refractivity contribution in [2.45, 2.75) is 285 Å². The van der Waals surface area contributed by atoms with Gasteiger partial charge in [-0.1, -0.05) is 241 Å². The van der Waals surface area contributed by atoms with Crippen molar-refractivity contribution in [3.8, 4) is 0 Å². The van der Waals surface area contributed by atoms with Gasteiger partial charge in [-0.05, 0) is 37.0 Å². The van der Waals surface area contributed by atoms with Crippen LogP contribution in [0.1, 0.15) is 279 Å². The van der Waals surface area contributed by atoms with E-state index in [0.717, 1.165) is 75.5 Å². The first-order chi connectivity index (χ1) is 28.1. The van der Waals surface area contributed by atoms with E-state index in [1.165, 1.54) is 161 Å². The zero-order valence-corrected chi connectivity index (χ0v) is 39.8. The van der Waals surface area contributed by atoms with Gasteiger partial charge < -0.3 is 14.2 Å². The van der Waals surface area contributed by atoms with Crippen molar-refractivity contribution in [1.29, 1.82) is 0 Å². The lowest BCUT2D eigenvalue weighted by molar-refractivity contribution is -0.167. The van der Waals surface area contributed by atoms with Crippen LogP contribution in [-0.4, -0.2) is 37.2 Å². The van der Waals surface area contributed by atoms with E-state index >= 15 is 0 Å². The minimum atomic E-state index is -0.762. The summed E-state index contributed by atoms with van der Waals surface area (Å²) in [6, 6.07) is 0. The average molecular weight is 821 g/mol. The van der Waals surface area contributed by atoms with E-state index in [-0.39, 0.29) is 31.1 Å². The van der Waals surface area contributed by atoms with Crippen molar-refractivity contribution in [2.24, 2.45) is 17.8 Å². The highest BCUT2D eigenvalue weighted by Gasteiger charge is 2.19. The first kappa shape index (κ1) is 56.4. The van der Waals surface area contributed by atoms with Crippen LogP contribution < -0.4 is 0 Å².